The van der Waals surface area contributed by atoms with Gasteiger partial charge in [-0.25, -0.2) is 0 Å². The van der Waals surface area contributed by atoms with Gasteiger partial charge in [0.2, 0.25) is 5.91 Å². The van der Waals surface area contributed by atoms with Crippen LogP contribution in [0.1, 0.15) is 48.5 Å². The van der Waals surface area contributed by atoms with Crippen LogP contribution in [0.15, 0.2) is 0 Å². The first-order chi connectivity index (χ1) is 13.4. The van der Waals surface area contributed by atoms with Crippen LogP contribution < -0.4 is 5.32 Å². The number of methoxy groups -OCH3 is 1. The molecule has 1 aliphatic rings. The standard InChI is InChI=1S/C21H44INO5Si2/c1-14(24)23-16-17(27-29(9,10)20(2,3)4)15(13-22)26-19(25-8)18(16)28-30(11,12)21(5,6)7/h15-19H,13H2,1-12H3,(H,23,24)/t15-,16+,17-,18+,19+/m1/s1. The molecule has 1 rings (SSSR count). The van der Waals surface area contributed by atoms with Gasteiger partial charge in [0.25, 0.3) is 0 Å². The van der Waals surface area contributed by atoms with Crippen molar-refractivity contribution in [3.63, 3.8) is 0 Å². The molecule has 9 heteroatoms. The Balaban J connectivity index is 3.44. The van der Waals surface area contributed by atoms with Gasteiger partial charge >= 0.3 is 0 Å². The van der Waals surface area contributed by atoms with Crippen molar-refractivity contribution in [1.82, 2.24) is 5.32 Å². The van der Waals surface area contributed by atoms with Crippen molar-refractivity contribution in [2.45, 2.75) is 115 Å². The molecule has 30 heavy (non-hydrogen) atoms. The summed E-state index contributed by atoms with van der Waals surface area (Å²) in [5.41, 5.74) is 0. The van der Waals surface area contributed by atoms with E-state index in [1.807, 2.05) is 0 Å². The Hall–Kier alpha value is 0.474. The fraction of sp³-hybridized carbons (Fsp3) is 0.952. The topological polar surface area (TPSA) is 66.0 Å². The first kappa shape index (κ1) is 28.5. The number of hydrogen-bond acceptors (Lipinski definition) is 5. The Bertz CT molecular complexity index is 547. The minimum atomic E-state index is -2.16. The molecule has 0 aromatic carbocycles. The summed E-state index contributed by atoms with van der Waals surface area (Å²) in [6.45, 7) is 23.7. The lowest BCUT2D eigenvalue weighted by molar-refractivity contribution is -0.253. The van der Waals surface area contributed by atoms with Crippen molar-refractivity contribution in [3.8, 4) is 0 Å². The summed E-state index contributed by atoms with van der Waals surface area (Å²) in [7, 11) is -2.64. The van der Waals surface area contributed by atoms with E-state index in [-0.39, 0.29) is 34.2 Å². The van der Waals surface area contributed by atoms with E-state index in [1.54, 1.807) is 14.0 Å². The molecule has 1 saturated heterocycles. The molecule has 1 amide bonds. The molecule has 1 N–H and O–H groups in total. The van der Waals surface area contributed by atoms with Crippen molar-refractivity contribution in [3.05, 3.63) is 0 Å². The minimum absolute atomic E-state index is 0.0158. The van der Waals surface area contributed by atoms with Crippen LogP contribution >= 0.6 is 22.6 Å². The third kappa shape index (κ3) is 6.74. The fourth-order valence-electron chi connectivity index (χ4n) is 2.94. The van der Waals surface area contributed by atoms with Gasteiger partial charge in [0.1, 0.15) is 6.10 Å². The maximum atomic E-state index is 12.2. The van der Waals surface area contributed by atoms with Crippen LogP contribution in [0.25, 0.3) is 0 Å². The van der Waals surface area contributed by atoms with Gasteiger partial charge in [-0.1, -0.05) is 64.1 Å². The second-order valence-electron chi connectivity index (χ2n) is 11.3. The summed E-state index contributed by atoms with van der Waals surface area (Å²) in [5.74, 6) is -0.100. The zero-order chi connectivity index (χ0) is 23.7. The van der Waals surface area contributed by atoms with Crippen LogP contribution in [-0.4, -0.2) is 64.7 Å². The summed E-state index contributed by atoms with van der Waals surface area (Å²) in [5, 5.41) is 3.21. The van der Waals surface area contributed by atoms with Gasteiger partial charge < -0.3 is 23.6 Å². The number of hydrogen-bond donors (Lipinski definition) is 1. The van der Waals surface area contributed by atoms with Gasteiger partial charge in [-0.2, -0.15) is 0 Å². The SMILES string of the molecule is CO[C@H]1O[C@H](CI)[C@@H](O[Si](C)(C)C(C)(C)C)[C@H](NC(C)=O)[C@@H]1O[Si](C)(C)C(C)(C)C. The van der Waals surface area contributed by atoms with Gasteiger partial charge in [-0.05, 0) is 36.3 Å². The molecule has 1 aliphatic heterocycles. The first-order valence-electron chi connectivity index (χ1n) is 10.7. The Morgan fingerprint density at radius 3 is 1.73 bits per heavy atom. The van der Waals surface area contributed by atoms with E-state index in [2.05, 4.69) is 95.6 Å². The maximum absolute atomic E-state index is 12.2. The lowest BCUT2D eigenvalue weighted by Crippen LogP contribution is -2.69. The molecular formula is C21H44INO5Si2. The smallest absolute Gasteiger partial charge is 0.217 e. The second-order valence-corrected chi connectivity index (χ2v) is 21.7. The summed E-state index contributed by atoms with van der Waals surface area (Å²) >= 11 is 2.32. The Morgan fingerprint density at radius 2 is 1.40 bits per heavy atom. The summed E-state index contributed by atoms with van der Waals surface area (Å²) in [6, 6.07) is -0.343. The number of carbonyl (C=O) groups is 1. The summed E-state index contributed by atoms with van der Waals surface area (Å²) in [6.07, 6.45) is -1.49. The number of nitrogens with one attached hydrogen (secondary N) is 1. The van der Waals surface area contributed by atoms with E-state index in [4.69, 9.17) is 18.3 Å². The van der Waals surface area contributed by atoms with Crippen LogP contribution in [0.4, 0.5) is 0 Å². The van der Waals surface area contributed by atoms with Crippen molar-refractivity contribution in [2.75, 3.05) is 11.5 Å². The third-order valence-corrected chi connectivity index (χ3v) is 16.7. The monoisotopic (exact) mass is 573 g/mol. The van der Waals surface area contributed by atoms with Gasteiger partial charge in [-0.15, -0.1) is 0 Å². The number of alkyl halides is 1. The molecule has 0 bridgehead atoms. The average Bonchev–Trinajstić information content (AvgIpc) is 2.55. The molecule has 5 atom stereocenters. The molecule has 1 fully saturated rings. The minimum Gasteiger partial charge on any atom is -0.409 e. The average molecular weight is 574 g/mol. The number of rotatable bonds is 7. The molecule has 0 aromatic heterocycles. The number of ether oxygens (including phenoxy) is 2. The Kier molecular flexibility index (Phi) is 9.66. The van der Waals surface area contributed by atoms with Crippen molar-refractivity contribution in [2.24, 2.45) is 0 Å². The molecule has 0 saturated carbocycles. The number of amides is 1. The summed E-state index contributed by atoms with van der Waals surface area (Å²) in [4.78, 5) is 12.2. The predicted octanol–water partition coefficient (Wildman–Crippen LogP) is 5.08. The number of carbonyl (C=O) groups excluding carboxylic acids is 1. The lowest BCUT2D eigenvalue weighted by Gasteiger charge is -2.52. The molecule has 1 heterocycles. The number of halogens is 1. The van der Waals surface area contributed by atoms with E-state index >= 15 is 0 Å². The van der Waals surface area contributed by atoms with Gasteiger partial charge in [0.05, 0.1) is 18.2 Å². The first-order valence-corrected chi connectivity index (χ1v) is 18.1. The van der Waals surface area contributed by atoms with Gasteiger partial charge in [0, 0.05) is 18.5 Å². The van der Waals surface area contributed by atoms with Crippen LogP contribution in [0.2, 0.25) is 36.3 Å². The van der Waals surface area contributed by atoms with E-state index in [1.165, 1.54) is 0 Å². The highest BCUT2D eigenvalue weighted by Crippen LogP contribution is 2.42. The van der Waals surface area contributed by atoms with Crippen molar-refractivity contribution < 1.29 is 23.1 Å². The molecule has 0 spiro atoms. The molecule has 0 radical (unpaired) electrons. The Morgan fingerprint density at radius 1 is 0.967 bits per heavy atom. The van der Waals surface area contributed by atoms with Crippen LogP contribution in [0, 0.1) is 0 Å². The highest BCUT2D eigenvalue weighted by Gasteiger charge is 2.53. The van der Waals surface area contributed by atoms with E-state index in [9.17, 15) is 4.79 Å². The quantitative estimate of drug-likeness (QED) is 0.262. The highest BCUT2D eigenvalue weighted by molar-refractivity contribution is 14.1. The summed E-state index contributed by atoms with van der Waals surface area (Å²) < 4.78 is 26.5. The molecular weight excluding hydrogens is 529 g/mol. The largest absolute Gasteiger partial charge is 0.409 e. The maximum Gasteiger partial charge on any atom is 0.217 e. The lowest BCUT2D eigenvalue weighted by atomic mass is 9.97. The van der Waals surface area contributed by atoms with Crippen LogP contribution in [-0.2, 0) is 23.1 Å². The highest BCUT2D eigenvalue weighted by atomic mass is 127. The fourth-order valence-corrected chi connectivity index (χ4v) is 6.27. The molecule has 0 aromatic rings. The van der Waals surface area contributed by atoms with Crippen LogP contribution in [0.3, 0.4) is 0 Å². The van der Waals surface area contributed by atoms with Crippen LogP contribution in [0.5, 0.6) is 0 Å². The molecule has 178 valence electrons. The third-order valence-electron chi connectivity index (χ3n) is 6.88. The molecule has 0 unspecified atom stereocenters. The Labute approximate surface area is 199 Å². The van der Waals surface area contributed by atoms with Crippen molar-refractivity contribution in [1.29, 1.82) is 0 Å². The van der Waals surface area contributed by atoms with E-state index < -0.39 is 29.0 Å². The van der Waals surface area contributed by atoms with Gasteiger partial charge in [-0.3, -0.25) is 4.79 Å². The molecule has 6 nitrogen and oxygen atoms in total. The molecule has 0 aliphatic carbocycles. The van der Waals surface area contributed by atoms with Crippen molar-refractivity contribution >= 4 is 45.1 Å². The normalized spacial score (nSPS) is 29.0. The predicted molar refractivity (Wildman–Crippen MR) is 136 cm³/mol. The van der Waals surface area contributed by atoms with E-state index in [0.29, 0.717) is 0 Å². The van der Waals surface area contributed by atoms with E-state index in [0.717, 1.165) is 4.43 Å². The zero-order valence-corrected chi connectivity index (χ0v) is 25.2. The van der Waals surface area contributed by atoms with Gasteiger partial charge in [0.15, 0.2) is 22.9 Å². The zero-order valence-electron chi connectivity index (χ0n) is 21.0. The second kappa shape index (κ2) is 10.2.